The van der Waals surface area contributed by atoms with Crippen LogP contribution in [-0.4, -0.2) is 36.5 Å². The summed E-state index contributed by atoms with van der Waals surface area (Å²) in [6.07, 6.45) is 1.40. The van der Waals surface area contributed by atoms with Crippen LogP contribution in [0.4, 0.5) is 4.39 Å². The lowest BCUT2D eigenvalue weighted by atomic mass is 10.1. The van der Waals surface area contributed by atoms with E-state index in [4.69, 9.17) is 9.15 Å². The van der Waals surface area contributed by atoms with Crippen LogP contribution in [0.3, 0.4) is 0 Å². The summed E-state index contributed by atoms with van der Waals surface area (Å²) in [7, 11) is 0. The Labute approximate surface area is 132 Å². The van der Waals surface area contributed by atoms with Gasteiger partial charge in [0.1, 0.15) is 18.2 Å². The lowest BCUT2D eigenvalue weighted by Crippen LogP contribution is -2.29. The third kappa shape index (κ3) is 3.41. The van der Waals surface area contributed by atoms with Gasteiger partial charge in [-0.15, -0.1) is 0 Å². The molecule has 0 radical (unpaired) electrons. The molecule has 1 aliphatic rings. The summed E-state index contributed by atoms with van der Waals surface area (Å²) in [6, 6.07) is 9.14. The number of likely N-dealkylation sites (tertiary alicyclic amines) is 1. The van der Waals surface area contributed by atoms with Crippen LogP contribution in [0.25, 0.3) is 11.3 Å². The molecule has 0 saturated carbocycles. The second kappa shape index (κ2) is 6.64. The molecular formula is C17H16FNO4. The molecule has 1 amide bonds. The first-order valence-corrected chi connectivity index (χ1v) is 7.45. The third-order valence-electron chi connectivity index (χ3n) is 3.71. The largest absolute Gasteiger partial charge is 0.458 e. The van der Waals surface area contributed by atoms with Gasteiger partial charge in [0.25, 0.3) is 0 Å². The Bertz CT molecular complexity index is 725. The van der Waals surface area contributed by atoms with Gasteiger partial charge in [0.05, 0.1) is 12.1 Å². The second-order valence-electron chi connectivity index (χ2n) is 5.26. The monoisotopic (exact) mass is 317 g/mol. The predicted molar refractivity (Wildman–Crippen MR) is 80.2 cm³/mol. The number of amides is 1. The number of hydrogen-bond acceptors (Lipinski definition) is 4. The van der Waals surface area contributed by atoms with Gasteiger partial charge in [-0.3, -0.25) is 4.79 Å². The van der Waals surface area contributed by atoms with Gasteiger partial charge in [0.2, 0.25) is 11.7 Å². The maximum Gasteiger partial charge on any atom is 0.374 e. The molecule has 3 rings (SSSR count). The summed E-state index contributed by atoms with van der Waals surface area (Å²) in [5.74, 6) is -0.685. The molecule has 1 fully saturated rings. The Balaban J connectivity index is 1.58. The van der Waals surface area contributed by atoms with E-state index in [-0.39, 0.29) is 29.6 Å². The van der Waals surface area contributed by atoms with Crippen LogP contribution >= 0.6 is 0 Å². The van der Waals surface area contributed by atoms with Crippen molar-refractivity contribution < 1.29 is 23.1 Å². The van der Waals surface area contributed by atoms with E-state index in [0.29, 0.717) is 19.5 Å². The molecule has 1 saturated heterocycles. The Hall–Kier alpha value is -2.63. The van der Waals surface area contributed by atoms with Crippen LogP contribution in [0.2, 0.25) is 0 Å². The molecule has 1 aliphatic heterocycles. The van der Waals surface area contributed by atoms with E-state index in [1.807, 2.05) is 0 Å². The molecule has 0 N–H and O–H groups in total. The van der Waals surface area contributed by atoms with Crippen molar-refractivity contribution in [3.63, 3.8) is 0 Å². The van der Waals surface area contributed by atoms with Gasteiger partial charge < -0.3 is 14.1 Å². The minimum atomic E-state index is -0.626. The molecule has 0 atom stereocenters. The van der Waals surface area contributed by atoms with Crippen LogP contribution in [0.1, 0.15) is 23.4 Å². The smallest absolute Gasteiger partial charge is 0.374 e. The highest BCUT2D eigenvalue weighted by Crippen LogP contribution is 2.25. The summed E-state index contributed by atoms with van der Waals surface area (Å²) in [6.45, 7) is 1.19. The summed E-state index contributed by atoms with van der Waals surface area (Å²) >= 11 is 0. The van der Waals surface area contributed by atoms with Gasteiger partial charge in [-0.1, -0.05) is 12.1 Å². The highest BCUT2D eigenvalue weighted by Gasteiger charge is 2.21. The van der Waals surface area contributed by atoms with E-state index >= 15 is 0 Å². The first-order valence-electron chi connectivity index (χ1n) is 7.45. The van der Waals surface area contributed by atoms with E-state index in [2.05, 4.69) is 0 Å². The van der Waals surface area contributed by atoms with Crippen LogP contribution < -0.4 is 0 Å². The fraction of sp³-hybridized carbons (Fsp3) is 0.294. The minimum absolute atomic E-state index is 0.0102. The Morgan fingerprint density at radius 3 is 2.83 bits per heavy atom. The number of nitrogens with zero attached hydrogens (tertiary/aromatic N) is 1. The topological polar surface area (TPSA) is 59.8 Å². The average Bonchev–Trinajstić information content (AvgIpc) is 3.17. The van der Waals surface area contributed by atoms with E-state index in [9.17, 15) is 14.0 Å². The molecule has 2 aromatic rings. The molecule has 5 nitrogen and oxygen atoms in total. The number of esters is 1. The average molecular weight is 317 g/mol. The molecule has 0 bridgehead atoms. The standard InChI is InChI=1S/C17H16FNO4/c18-13-5-2-1-4-12(13)14-7-8-15(23-14)17(21)22-11-10-19-9-3-6-16(19)20/h1-2,4-5,7-8H,3,6,9-11H2. The maximum atomic E-state index is 13.7. The zero-order chi connectivity index (χ0) is 16.2. The summed E-state index contributed by atoms with van der Waals surface area (Å²) < 4.78 is 24.1. The number of benzene rings is 1. The number of halogens is 1. The van der Waals surface area contributed by atoms with Crippen molar-refractivity contribution in [2.75, 3.05) is 19.7 Å². The lowest BCUT2D eigenvalue weighted by Gasteiger charge is -2.14. The molecule has 1 aromatic heterocycles. The van der Waals surface area contributed by atoms with Gasteiger partial charge in [-0.25, -0.2) is 9.18 Å². The number of hydrogen-bond donors (Lipinski definition) is 0. The van der Waals surface area contributed by atoms with E-state index in [1.54, 1.807) is 23.1 Å². The zero-order valence-electron chi connectivity index (χ0n) is 12.5. The minimum Gasteiger partial charge on any atom is -0.458 e. The summed E-state index contributed by atoms with van der Waals surface area (Å²) in [4.78, 5) is 25.0. The molecule has 0 unspecified atom stereocenters. The second-order valence-corrected chi connectivity index (χ2v) is 5.26. The highest BCUT2D eigenvalue weighted by molar-refractivity contribution is 5.87. The molecule has 1 aromatic carbocycles. The number of rotatable bonds is 5. The summed E-state index contributed by atoms with van der Waals surface area (Å²) in [5.41, 5.74) is 0.286. The normalized spacial score (nSPS) is 14.3. The van der Waals surface area contributed by atoms with Gasteiger partial charge in [0.15, 0.2) is 0 Å². The number of carbonyl (C=O) groups excluding carboxylic acids is 2. The predicted octanol–water partition coefficient (Wildman–Crippen LogP) is 2.86. The quantitative estimate of drug-likeness (QED) is 0.796. The Morgan fingerprint density at radius 1 is 1.26 bits per heavy atom. The molecule has 23 heavy (non-hydrogen) atoms. The third-order valence-corrected chi connectivity index (χ3v) is 3.71. The van der Waals surface area contributed by atoms with E-state index in [0.717, 1.165) is 6.42 Å². The van der Waals surface area contributed by atoms with Crippen molar-refractivity contribution in [1.82, 2.24) is 4.90 Å². The van der Waals surface area contributed by atoms with Crippen LogP contribution in [0, 0.1) is 5.82 Å². The number of ether oxygens (including phenoxy) is 1. The van der Waals surface area contributed by atoms with Crippen LogP contribution in [0.5, 0.6) is 0 Å². The van der Waals surface area contributed by atoms with Crippen molar-refractivity contribution in [2.24, 2.45) is 0 Å². The van der Waals surface area contributed by atoms with E-state index < -0.39 is 11.8 Å². The molecule has 0 spiro atoms. The lowest BCUT2D eigenvalue weighted by molar-refractivity contribution is -0.128. The van der Waals surface area contributed by atoms with Crippen LogP contribution in [0.15, 0.2) is 40.8 Å². The Morgan fingerprint density at radius 2 is 2.09 bits per heavy atom. The Kier molecular flexibility index (Phi) is 4.41. The van der Waals surface area contributed by atoms with Crippen molar-refractivity contribution >= 4 is 11.9 Å². The van der Waals surface area contributed by atoms with E-state index in [1.165, 1.54) is 18.2 Å². The molecule has 0 aliphatic carbocycles. The van der Waals surface area contributed by atoms with Crippen molar-refractivity contribution in [3.05, 3.63) is 48.0 Å². The van der Waals surface area contributed by atoms with Gasteiger partial charge in [-0.05, 0) is 30.7 Å². The number of furan rings is 1. The van der Waals surface area contributed by atoms with Gasteiger partial charge in [-0.2, -0.15) is 0 Å². The highest BCUT2D eigenvalue weighted by atomic mass is 19.1. The number of carbonyl (C=O) groups is 2. The first-order chi connectivity index (χ1) is 11.1. The van der Waals surface area contributed by atoms with Crippen molar-refractivity contribution in [3.8, 4) is 11.3 Å². The molecule has 2 heterocycles. The maximum absolute atomic E-state index is 13.7. The van der Waals surface area contributed by atoms with Crippen LogP contribution in [-0.2, 0) is 9.53 Å². The molecule has 6 heteroatoms. The molecular weight excluding hydrogens is 301 g/mol. The van der Waals surface area contributed by atoms with Gasteiger partial charge in [0, 0.05) is 13.0 Å². The summed E-state index contributed by atoms with van der Waals surface area (Å²) in [5, 5.41) is 0. The zero-order valence-corrected chi connectivity index (χ0v) is 12.5. The van der Waals surface area contributed by atoms with Crippen molar-refractivity contribution in [2.45, 2.75) is 12.8 Å². The fourth-order valence-electron chi connectivity index (χ4n) is 2.51. The van der Waals surface area contributed by atoms with Gasteiger partial charge >= 0.3 is 5.97 Å². The van der Waals surface area contributed by atoms with Crippen molar-refractivity contribution in [1.29, 1.82) is 0 Å². The SMILES string of the molecule is O=C(OCCN1CCCC1=O)c1ccc(-c2ccccc2F)o1. The first kappa shape index (κ1) is 15.3. The fourth-order valence-corrected chi connectivity index (χ4v) is 2.51. The molecule has 120 valence electrons.